The van der Waals surface area contributed by atoms with Crippen LogP contribution in [0.2, 0.25) is 0 Å². The van der Waals surface area contributed by atoms with Crippen LogP contribution < -0.4 is 10.6 Å². The predicted octanol–water partition coefficient (Wildman–Crippen LogP) is 1.29. The van der Waals surface area contributed by atoms with Gasteiger partial charge in [0.2, 0.25) is 5.16 Å². The fraction of sp³-hybridized carbons (Fsp3) is 0.200. The van der Waals surface area contributed by atoms with Crippen LogP contribution in [0.3, 0.4) is 0 Å². The van der Waals surface area contributed by atoms with Crippen LogP contribution in [-0.4, -0.2) is 22.0 Å². The largest absolute Gasteiger partial charge is 0.496 e. The Morgan fingerprint density at radius 3 is 2.94 bits per heavy atom. The zero-order chi connectivity index (χ0) is 11.4. The number of hydrogen-bond donors (Lipinski definition) is 1. The van der Waals surface area contributed by atoms with Crippen LogP contribution in [0.25, 0.3) is 0 Å². The molecule has 0 amide bonds. The van der Waals surface area contributed by atoms with Crippen LogP contribution in [0, 0.1) is 0 Å². The van der Waals surface area contributed by atoms with Crippen molar-refractivity contribution in [1.82, 2.24) is 14.9 Å². The fourth-order valence-corrected chi connectivity index (χ4v) is 2.12. The molecule has 2 rings (SSSR count). The Morgan fingerprint density at radius 1 is 1.44 bits per heavy atom. The lowest BCUT2D eigenvalue weighted by Gasteiger charge is -2.06. The van der Waals surface area contributed by atoms with Crippen molar-refractivity contribution in [1.29, 1.82) is 0 Å². The summed E-state index contributed by atoms with van der Waals surface area (Å²) in [5.74, 6) is 7.24. The van der Waals surface area contributed by atoms with Gasteiger partial charge in [0, 0.05) is 11.3 Å². The highest BCUT2D eigenvalue weighted by Gasteiger charge is 2.06. The standard InChI is InChI=1S/C10H12N4OS/c1-15-9-5-3-2-4-8(9)6-16-10-13-12-7-14(10)11/h2-5,7H,6,11H2,1H3. The second-order valence-electron chi connectivity index (χ2n) is 3.12. The molecule has 84 valence electrons. The van der Waals surface area contributed by atoms with Crippen LogP contribution >= 0.6 is 11.8 Å². The quantitative estimate of drug-likeness (QED) is 0.640. The molecule has 0 unspecified atom stereocenters. The minimum atomic E-state index is 0.686. The van der Waals surface area contributed by atoms with Gasteiger partial charge in [0.1, 0.15) is 12.1 Å². The van der Waals surface area contributed by atoms with Gasteiger partial charge in [-0.1, -0.05) is 30.0 Å². The smallest absolute Gasteiger partial charge is 0.209 e. The summed E-state index contributed by atoms with van der Waals surface area (Å²) in [6.45, 7) is 0. The Kier molecular flexibility index (Phi) is 3.31. The molecule has 6 heteroatoms. The van der Waals surface area contributed by atoms with E-state index in [4.69, 9.17) is 10.6 Å². The summed E-state index contributed by atoms with van der Waals surface area (Å²) >= 11 is 1.52. The third kappa shape index (κ3) is 2.27. The molecule has 2 aromatic rings. The number of benzene rings is 1. The van der Waals surface area contributed by atoms with Gasteiger partial charge in [0.05, 0.1) is 7.11 Å². The number of methoxy groups -OCH3 is 1. The maximum Gasteiger partial charge on any atom is 0.209 e. The molecule has 0 aliphatic heterocycles. The van der Waals surface area contributed by atoms with E-state index in [1.807, 2.05) is 24.3 Å². The number of para-hydroxylation sites is 1. The van der Waals surface area contributed by atoms with Gasteiger partial charge in [-0.2, -0.15) is 0 Å². The van der Waals surface area contributed by atoms with Gasteiger partial charge in [-0.3, -0.25) is 0 Å². The summed E-state index contributed by atoms with van der Waals surface area (Å²) in [7, 11) is 1.66. The number of thioether (sulfide) groups is 1. The maximum absolute atomic E-state index is 5.61. The van der Waals surface area contributed by atoms with Crippen molar-refractivity contribution in [3.8, 4) is 5.75 Å². The van der Waals surface area contributed by atoms with E-state index < -0.39 is 0 Å². The highest BCUT2D eigenvalue weighted by Crippen LogP contribution is 2.25. The van der Waals surface area contributed by atoms with Crippen molar-refractivity contribution < 1.29 is 4.74 Å². The Balaban J connectivity index is 2.07. The van der Waals surface area contributed by atoms with Gasteiger partial charge >= 0.3 is 0 Å². The Bertz CT molecular complexity index is 471. The van der Waals surface area contributed by atoms with Crippen molar-refractivity contribution in [3.05, 3.63) is 36.2 Å². The van der Waals surface area contributed by atoms with Crippen LogP contribution in [0.4, 0.5) is 0 Å². The van der Waals surface area contributed by atoms with E-state index in [9.17, 15) is 0 Å². The average molecular weight is 236 g/mol. The molecule has 1 aromatic heterocycles. The van der Waals surface area contributed by atoms with Crippen LogP contribution in [0.5, 0.6) is 5.75 Å². The van der Waals surface area contributed by atoms with E-state index in [1.54, 1.807) is 7.11 Å². The molecule has 0 spiro atoms. The molecule has 0 fully saturated rings. The van der Waals surface area contributed by atoms with Crippen molar-refractivity contribution >= 4 is 11.8 Å². The first kappa shape index (κ1) is 10.8. The van der Waals surface area contributed by atoms with E-state index in [2.05, 4.69) is 10.2 Å². The normalized spacial score (nSPS) is 10.3. The summed E-state index contributed by atoms with van der Waals surface area (Å²) in [5, 5.41) is 8.29. The lowest BCUT2D eigenvalue weighted by atomic mass is 10.2. The van der Waals surface area contributed by atoms with Gasteiger partial charge in [-0.05, 0) is 6.07 Å². The second-order valence-corrected chi connectivity index (χ2v) is 4.06. The zero-order valence-corrected chi connectivity index (χ0v) is 9.65. The lowest BCUT2D eigenvalue weighted by Crippen LogP contribution is -2.07. The monoisotopic (exact) mass is 236 g/mol. The van der Waals surface area contributed by atoms with E-state index >= 15 is 0 Å². The number of nitrogens with two attached hydrogens (primary N) is 1. The van der Waals surface area contributed by atoms with Gasteiger partial charge in [0.25, 0.3) is 0 Å². The molecule has 0 bridgehead atoms. The number of hydrogen-bond acceptors (Lipinski definition) is 5. The van der Waals surface area contributed by atoms with E-state index in [-0.39, 0.29) is 0 Å². The van der Waals surface area contributed by atoms with Crippen molar-refractivity contribution in [2.24, 2.45) is 0 Å². The summed E-state index contributed by atoms with van der Waals surface area (Å²) in [5.41, 5.74) is 1.11. The molecule has 0 saturated heterocycles. The third-order valence-electron chi connectivity index (χ3n) is 2.09. The number of nitrogen functional groups attached to an aromatic ring is 1. The fourth-order valence-electron chi connectivity index (χ4n) is 1.30. The summed E-state index contributed by atoms with van der Waals surface area (Å²) < 4.78 is 6.66. The maximum atomic E-state index is 5.61. The third-order valence-corrected chi connectivity index (χ3v) is 3.10. The number of rotatable bonds is 4. The molecule has 0 radical (unpaired) electrons. The van der Waals surface area contributed by atoms with Crippen LogP contribution in [0.1, 0.15) is 5.56 Å². The van der Waals surface area contributed by atoms with E-state index in [0.29, 0.717) is 5.16 Å². The van der Waals surface area contributed by atoms with Crippen molar-refractivity contribution in [3.63, 3.8) is 0 Å². The molecule has 16 heavy (non-hydrogen) atoms. The number of nitrogens with zero attached hydrogens (tertiary/aromatic N) is 3. The topological polar surface area (TPSA) is 66.0 Å². The van der Waals surface area contributed by atoms with Crippen LogP contribution in [-0.2, 0) is 5.75 Å². The SMILES string of the molecule is COc1ccccc1CSc1nncn1N. The second kappa shape index (κ2) is 4.89. The van der Waals surface area contributed by atoms with Gasteiger partial charge in [0.15, 0.2) is 0 Å². The molecule has 1 aromatic carbocycles. The Labute approximate surface area is 97.6 Å². The van der Waals surface area contributed by atoms with E-state index in [0.717, 1.165) is 17.1 Å². The molecular formula is C10H12N4OS. The molecular weight excluding hydrogens is 224 g/mol. The Morgan fingerprint density at radius 2 is 2.25 bits per heavy atom. The average Bonchev–Trinajstić information content (AvgIpc) is 2.72. The van der Waals surface area contributed by atoms with Gasteiger partial charge in [-0.15, -0.1) is 10.2 Å². The molecule has 5 nitrogen and oxygen atoms in total. The first-order valence-corrected chi connectivity index (χ1v) is 5.69. The number of aromatic nitrogens is 3. The molecule has 0 aliphatic carbocycles. The minimum Gasteiger partial charge on any atom is -0.496 e. The van der Waals surface area contributed by atoms with E-state index in [1.165, 1.54) is 22.8 Å². The molecule has 1 heterocycles. The molecule has 0 saturated carbocycles. The first-order chi connectivity index (χ1) is 7.81. The highest BCUT2D eigenvalue weighted by molar-refractivity contribution is 7.98. The molecule has 0 aliphatic rings. The first-order valence-electron chi connectivity index (χ1n) is 4.71. The number of ether oxygens (including phenoxy) is 1. The van der Waals surface area contributed by atoms with Crippen molar-refractivity contribution in [2.75, 3.05) is 13.0 Å². The molecule has 2 N–H and O–H groups in total. The minimum absolute atomic E-state index is 0.686. The van der Waals surface area contributed by atoms with Crippen molar-refractivity contribution in [2.45, 2.75) is 10.9 Å². The lowest BCUT2D eigenvalue weighted by molar-refractivity contribution is 0.411. The summed E-state index contributed by atoms with van der Waals surface area (Å²) in [4.78, 5) is 0. The van der Waals surface area contributed by atoms with Gasteiger partial charge < -0.3 is 10.6 Å². The summed E-state index contributed by atoms with van der Waals surface area (Å²) in [6, 6.07) is 7.87. The van der Waals surface area contributed by atoms with Crippen LogP contribution in [0.15, 0.2) is 35.7 Å². The Hall–Kier alpha value is -1.69. The highest BCUT2D eigenvalue weighted by atomic mass is 32.2. The predicted molar refractivity (Wildman–Crippen MR) is 62.7 cm³/mol. The van der Waals surface area contributed by atoms with Gasteiger partial charge in [-0.25, -0.2) is 4.68 Å². The summed E-state index contributed by atoms with van der Waals surface area (Å²) in [6.07, 6.45) is 1.48. The molecule has 0 atom stereocenters. The zero-order valence-electron chi connectivity index (χ0n) is 8.83.